The third-order valence-corrected chi connectivity index (χ3v) is 2.37. The fourth-order valence-corrected chi connectivity index (χ4v) is 1.53. The summed E-state index contributed by atoms with van der Waals surface area (Å²) < 4.78 is 1.66. The Morgan fingerprint density at radius 3 is 3.06 bits per heavy atom. The number of nitrogens with zero attached hydrogens (tertiary/aromatic N) is 3. The summed E-state index contributed by atoms with van der Waals surface area (Å²) >= 11 is 5.81. The number of rotatable bonds is 4. The zero-order valence-corrected chi connectivity index (χ0v) is 9.78. The first-order chi connectivity index (χ1) is 7.79. The van der Waals surface area contributed by atoms with Crippen molar-refractivity contribution in [2.45, 2.75) is 13.5 Å². The van der Waals surface area contributed by atoms with Crippen LogP contribution in [0.5, 0.6) is 0 Å². The highest BCUT2D eigenvalue weighted by atomic mass is 35.5. The number of halogens is 1. The van der Waals surface area contributed by atoms with E-state index in [2.05, 4.69) is 22.3 Å². The molecule has 2 heterocycles. The van der Waals surface area contributed by atoms with Crippen LogP contribution in [0.15, 0.2) is 30.7 Å². The van der Waals surface area contributed by atoms with Crippen molar-refractivity contribution in [3.63, 3.8) is 0 Å². The molecule has 2 aromatic heterocycles. The highest BCUT2D eigenvalue weighted by Crippen LogP contribution is 2.10. The second-order valence-corrected chi connectivity index (χ2v) is 3.84. The third-order valence-electron chi connectivity index (χ3n) is 2.17. The van der Waals surface area contributed by atoms with E-state index >= 15 is 0 Å². The summed E-state index contributed by atoms with van der Waals surface area (Å²) in [5, 5.41) is 7.98. The van der Waals surface area contributed by atoms with Crippen LogP contribution in [0.3, 0.4) is 0 Å². The minimum absolute atomic E-state index is 0.610. The van der Waals surface area contributed by atoms with E-state index in [9.17, 15) is 0 Å². The molecule has 2 aromatic rings. The van der Waals surface area contributed by atoms with E-state index in [0.29, 0.717) is 5.02 Å². The SMILES string of the molecule is CCNCc1ccnc(-n2cc(Cl)cn2)c1. The molecule has 0 amide bonds. The van der Waals surface area contributed by atoms with Crippen molar-refractivity contribution in [1.29, 1.82) is 0 Å². The van der Waals surface area contributed by atoms with Gasteiger partial charge in [0.25, 0.3) is 0 Å². The molecule has 0 spiro atoms. The van der Waals surface area contributed by atoms with Crippen molar-refractivity contribution in [2.24, 2.45) is 0 Å². The molecule has 0 aliphatic carbocycles. The van der Waals surface area contributed by atoms with Gasteiger partial charge < -0.3 is 5.32 Å². The molecule has 0 fully saturated rings. The zero-order chi connectivity index (χ0) is 11.4. The smallest absolute Gasteiger partial charge is 0.153 e. The van der Waals surface area contributed by atoms with Gasteiger partial charge in [-0.2, -0.15) is 5.10 Å². The number of aromatic nitrogens is 3. The second kappa shape index (κ2) is 5.09. The van der Waals surface area contributed by atoms with Crippen LogP contribution in [0.1, 0.15) is 12.5 Å². The standard InChI is InChI=1S/C11H13ClN4/c1-2-13-6-9-3-4-14-11(5-9)16-8-10(12)7-15-16/h3-5,7-8,13H,2,6H2,1H3. The first-order valence-corrected chi connectivity index (χ1v) is 5.53. The molecule has 0 aliphatic heterocycles. The van der Waals surface area contributed by atoms with Gasteiger partial charge in [-0.25, -0.2) is 9.67 Å². The van der Waals surface area contributed by atoms with E-state index in [4.69, 9.17) is 11.6 Å². The van der Waals surface area contributed by atoms with Crippen LogP contribution in [-0.4, -0.2) is 21.3 Å². The summed E-state index contributed by atoms with van der Waals surface area (Å²) in [4.78, 5) is 4.25. The maximum Gasteiger partial charge on any atom is 0.153 e. The fraction of sp³-hybridized carbons (Fsp3) is 0.273. The van der Waals surface area contributed by atoms with Gasteiger partial charge in [0.05, 0.1) is 17.4 Å². The molecule has 0 bridgehead atoms. The van der Waals surface area contributed by atoms with Crippen molar-refractivity contribution >= 4 is 11.6 Å². The van der Waals surface area contributed by atoms with Gasteiger partial charge in [0.1, 0.15) is 0 Å². The highest BCUT2D eigenvalue weighted by molar-refractivity contribution is 6.30. The van der Waals surface area contributed by atoms with Crippen molar-refractivity contribution in [1.82, 2.24) is 20.1 Å². The number of hydrogen-bond donors (Lipinski definition) is 1. The van der Waals surface area contributed by atoms with Crippen LogP contribution in [-0.2, 0) is 6.54 Å². The van der Waals surface area contributed by atoms with Crippen molar-refractivity contribution in [3.8, 4) is 5.82 Å². The second-order valence-electron chi connectivity index (χ2n) is 3.41. The van der Waals surface area contributed by atoms with Crippen molar-refractivity contribution < 1.29 is 0 Å². The van der Waals surface area contributed by atoms with Crippen LogP contribution in [0, 0.1) is 0 Å². The number of pyridine rings is 1. The molecular formula is C11H13ClN4. The first kappa shape index (κ1) is 11.1. The number of nitrogens with one attached hydrogen (secondary N) is 1. The Bertz CT molecular complexity index is 467. The normalized spacial score (nSPS) is 10.6. The molecule has 1 N–H and O–H groups in total. The number of hydrogen-bond acceptors (Lipinski definition) is 3. The van der Waals surface area contributed by atoms with Gasteiger partial charge in [-0.1, -0.05) is 18.5 Å². The fourth-order valence-electron chi connectivity index (χ4n) is 1.39. The van der Waals surface area contributed by atoms with E-state index in [-0.39, 0.29) is 0 Å². The molecule has 0 aliphatic rings. The average molecular weight is 237 g/mol. The van der Waals surface area contributed by atoms with E-state index in [1.807, 2.05) is 12.1 Å². The Kier molecular flexibility index (Phi) is 3.54. The van der Waals surface area contributed by atoms with Crippen molar-refractivity contribution in [3.05, 3.63) is 41.3 Å². The largest absolute Gasteiger partial charge is 0.313 e. The third kappa shape index (κ3) is 2.59. The van der Waals surface area contributed by atoms with Gasteiger partial charge in [-0.15, -0.1) is 0 Å². The highest BCUT2D eigenvalue weighted by Gasteiger charge is 2.01. The molecular weight excluding hydrogens is 224 g/mol. The summed E-state index contributed by atoms with van der Waals surface area (Å²) in [5.41, 5.74) is 1.18. The topological polar surface area (TPSA) is 42.7 Å². The molecule has 0 saturated carbocycles. The van der Waals surface area contributed by atoms with Crippen LogP contribution < -0.4 is 5.32 Å². The zero-order valence-electron chi connectivity index (χ0n) is 9.02. The summed E-state index contributed by atoms with van der Waals surface area (Å²) in [6.07, 6.45) is 5.11. The molecule has 0 atom stereocenters. The summed E-state index contributed by atoms with van der Waals surface area (Å²) in [6.45, 7) is 3.86. The van der Waals surface area contributed by atoms with Gasteiger partial charge in [-0.05, 0) is 24.2 Å². The van der Waals surface area contributed by atoms with Crippen LogP contribution in [0.4, 0.5) is 0 Å². The predicted octanol–water partition coefficient (Wildman–Crippen LogP) is 2.03. The molecule has 5 heteroatoms. The van der Waals surface area contributed by atoms with Crippen molar-refractivity contribution in [2.75, 3.05) is 6.54 Å². The lowest BCUT2D eigenvalue weighted by Gasteiger charge is -2.04. The Hall–Kier alpha value is -1.39. The molecule has 0 aromatic carbocycles. The molecule has 0 unspecified atom stereocenters. The molecule has 16 heavy (non-hydrogen) atoms. The Labute approximate surface area is 99.3 Å². The average Bonchev–Trinajstić information content (AvgIpc) is 2.74. The Morgan fingerprint density at radius 2 is 2.38 bits per heavy atom. The minimum Gasteiger partial charge on any atom is -0.313 e. The lowest BCUT2D eigenvalue weighted by atomic mass is 10.2. The molecule has 0 radical (unpaired) electrons. The van der Waals surface area contributed by atoms with Crippen LogP contribution in [0.2, 0.25) is 5.02 Å². The van der Waals surface area contributed by atoms with E-state index in [1.54, 1.807) is 23.3 Å². The van der Waals surface area contributed by atoms with E-state index in [0.717, 1.165) is 18.9 Å². The van der Waals surface area contributed by atoms with Crippen LogP contribution in [0.25, 0.3) is 5.82 Å². The van der Waals surface area contributed by atoms with Gasteiger partial charge in [0, 0.05) is 12.7 Å². The monoisotopic (exact) mass is 236 g/mol. The Morgan fingerprint density at radius 1 is 1.50 bits per heavy atom. The molecule has 4 nitrogen and oxygen atoms in total. The minimum atomic E-state index is 0.610. The quantitative estimate of drug-likeness (QED) is 0.884. The summed E-state index contributed by atoms with van der Waals surface area (Å²) in [5.74, 6) is 0.780. The van der Waals surface area contributed by atoms with Gasteiger partial charge in [0.15, 0.2) is 5.82 Å². The molecule has 0 saturated heterocycles. The van der Waals surface area contributed by atoms with E-state index in [1.165, 1.54) is 5.56 Å². The predicted molar refractivity (Wildman–Crippen MR) is 63.7 cm³/mol. The lowest BCUT2D eigenvalue weighted by molar-refractivity contribution is 0.723. The maximum absolute atomic E-state index is 5.81. The van der Waals surface area contributed by atoms with Gasteiger partial charge >= 0.3 is 0 Å². The first-order valence-electron chi connectivity index (χ1n) is 5.16. The van der Waals surface area contributed by atoms with E-state index < -0.39 is 0 Å². The summed E-state index contributed by atoms with van der Waals surface area (Å²) in [6, 6.07) is 3.98. The maximum atomic E-state index is 5.81. The van der Waals surface area contributed by atoms with Gasteiger partial charge in [-0.3, -0.25) is 0 Å². The Balaban J connectivity index is 2.22. The lowest BCUT2D eigenvalue weighted by Crippen LogP contribution is -2.12. The molecule has 2 rings (SSSR count). The molecule has 84 valence electrons. The van der Waals surface area contributed by atoms with Crippen LogP contribution >= 0.6 is 11.6 Å². The summed E-state index contributed by atoms with van der Waals surface area (Å²) in [7, 11) is 0. The van der Waals surface area contributed by atoms with Gasteiger partial charge in [0.2, 0.25) is 0 Å².